The van der Waals surface area contributed by atoms with Crippen molar-refractivity contribution in [2.75, 3.05) is 6.54 Å². The lowest BCUT2D eigenvalue weighted by Crippen LogP contribution is -2.10. The smallest absolute Gasteiger partial charge is 0.109 e. The number of nitrogens with zero attached hydrogens (tertiary/aromatic N) is 2. The SMILES string of the molecule is NCCc1nccn1CCc1cccs1. The van der Waals surface area contributed by atoms with Crippen molar-refractivity contribution in [1.29, 1.82) is 0 Å². The molecule has 2 aromatic heterocycles. The highest BCUT2D eigenvalue weighted by Crippen LogP contribution is 2.10. The summed E-state index contributed by atoms with van der Waals surface area (Å²) in [5, 5.41) is 2.12. The molecule has 2 heterocycles. The van der Waals surface area contributed by atoms with Crippen molar-refractivity contribution >= 4 is 11.3 Å². The van der Waals surface area contributed by atoms with Crippen LogP contribution >= 0.6 is 11.3 Å². The second kappa shape index (κ2) is 5.09. The Hall–Kier alpha value is -1.13. The molecule has 2 N–H and O–H groups in total. The molecule has 0 saturated heterocycles. The molecule has 3 nitrogen and oxygen atoms in total. The Labute approximate surface area is 93.6 Å². The normalized spacial score (nSPS) is 10.7. The average Bonchev–Trinajstić information content (AvgIpc) is 2.85. The number of hydrogen-bond acceptors (Lipinski definition) is 3. The summed E-state index contributed by atoms with van der Waals surface area (Å²) in [6, 6.07) is 4.26. The fourth-order valence-electron chi connectivity index (χ4n) is 1.59. The van der Waals surface area contributed by atoms with E-state index in [0.29, 0.717) is 6.54 Å². The molecule has 2 rings (SSSR count). The lowest BCUT2D eigenvalue weighted by Gasteiger charge is -2.05. The predicted octanol–water partition coefficient (Wildman–Crippen LogP) is 1.69. The fraction of sp³-hybridized carbons (Fsp3) is 0.364. The Morgan fingerprint density at radius 1 is 1.40 bits per heavy atom. The van der Waals surface area contributed by atoms with Gasteiger partial charge in [0.1, 0.15) is 5.82 Å². The van der Waals surface area contributed by atoms with Crippen molar-refractivity contribution in [3.05, 3.63) is 40.6 Å². The number of thiophene rings is 1. The van der Waals surface area contributed by atoms with Crippen LogP contribution in [-0.4, -0.2) is 16.1 Å². The van der Waals surface area contributed by atoms with Gasteiger partial charge in [-0.05, 0) is 24.4 Å². The van der Waals surface area contributed by atoms with E-state index in [0.717, 1.165) is 25.2 Å². The average molecular weight is 221 g/mol. The molecule has 0 bridgehead atoms. The first-order valence-corrected chi connectivity index (χ1v) is 6.00. The van der Waals surface area contributed by atoms with Crippen LogP contribution in [0.4, 0.5) is 0 Å². The fourth-order valence-corrected chi connectivity index (χ4v) is 2.28. The molecule has 0 aromatic carbocycles. The topological polar surface area (TPSA) is 43.8 Å². The van der Waals surface area contributed by atoms with E-state index in [-0.39, 0.29) is 0 Å². The third-order valence-electron chi connectivity index (χ3n) is 2.35. The minimum absolute atomic E-state index is 0.663. The first-order chi connectivity index (χ1) is 7.40. The summed E-state index contributed by atoms with van der Waals surface area (Å²) < 4.78 is 2.19. The number of nitrogens with two attached hydrogens (primary N) is 1. The van der Waals surface area contributed by atoms with Crippen molar-refractivity contribution in [3.63, 3.8) is 0 Å². The first-order valence-electron chi connectivity index (χ1n) is 5.12. The third kappa shape index (κ3) is 2.67. The Kier molecular flexibility index (Phi) is 3.53. The van der Waals surface area contributed by atoms with Gasteiger partial charge in [0.25, 0.3) is 0 Å². The van der Waals surface area contributed by atoms with Gasteiger partial charge in [-0.25, -0.2) is 4.98 Å². The molecule has 0 aliphatic carbocycles. The van der Waals surface area contributed by atoms with Crippen molar-refractivity contribution in [3.8, 4) is 0 Å². The largest absolute Gasteiger partial charge is 0.335 e. The molecule has 0 aliphatic heterocycles. The third-order valence-corrected chi connectivity index (χ3v) is 3.29. The summed E-state index contributed by atoms with van der Waals surface area (Å²) in [7, 11) is 0. The molecule has 0 radical (unpaired) electrons. The molecular weight excluding hydrogens is 206 g/mol. The van der Waals surface area contributed by atoms with E-state index in [1.165, 1.54) is 4.88 Å². The highest BCUT2D eigenvalue weighted by atomic mass is 32.1. The zero-order chi connectivity index (χ0) is 10.5. The van der Waals surface area contributed by atoms with Crippen LogP contribution in [0, 0.1) is 0 Å². The van der Waals surface area contributed by atoms with Gasteiger partial charge in [-0.2, -0.15) is 0 Å². The van der Waals surface area contributed by atoms with Crippen molar-refractivity contribution in [1.82, 2.24) is 9.55 Å². The van der Waals surface area contributed by atoms with Gasteiger partial charge < -0.3 is 10.3 Å². The molecule has 0 unspecified atom stereocenters. The Morgan fingerprint density at radius 3 is 3.07 bits per heavy atom. The molecule has 0 aliphatic rings. The van der Waals surface area contributed by atoms with E-state index < -0.39 is 0 Å². The lowest BCUT2D eigenvalue weighted by atomic mass is 10.3. The maximum absolute atomic E-state index is 5.53. The van der Waals surface area contributed by atoms with Crippen molar-refractivity contribution in [2.45, 2.75) is 19.4 Å². The van der Waals surface area contributed by atoms with Crippen molar-refractivity contribution < 1.29 is 0 Å². The molecule has 0 spiro atoms. The monoisotopic (exact) mass is 221 g/mol. The van der Waals surface area contributed by atoms with Crippen LogP contribution in [0.2, 0.25) is 0 Å². The van der Waals surface area contributed by atoms with Gasteiger partial charge in [-0.15, -0.1) is 11.3 Å². The minimum Gasteiger partial charge on any atom is -0.335 e. The number of imidazole rings is 1. The van der Waals surface area contributed by atoms with Crippen LogP contribution in [0.3, 0.4) is 0 Å². The van der Waals surface area contributed by atoms with Crippen molar-refractivity contribution in [2.24, 2.45) is 5.73 Å². The Bertz CT molecular complexity index is 392. The zero-order valence-corrected chi connectivity index (χ0v) is 9.41. The summed E-state index contributed by atoms with van der Waals surface area (Å²) >= 11 is 1.81. The van der Waals surface area contributed by atoms with E-state index in [1.54, 1.807) is 11.3 Å². The summed E-state index contributed by atoms with van der Waals surface area (Å²) in [4.78, 5) is 5.71. The van der Waals surface area contributed by atoms with Gasteiger partial charge in [-0.3, -0.25) is 0 Å². The van der Waals surface area contributed by atoms with Crippen LogP contribution in [0.15, 0.2) is 29.9 Å². The van der Waals surface area contributed by atoms with Gasteiger partial charge in [0.15, 0.2) is 0 Å². The van der Waals surface area contributed by atoms with E-state index in [2.05, 4.69) is 27.1 Å². The van der Waals surface area contributed by atoms with Crippen LogP contribution in [0.25, 0.3) is 0 Å². The second-order valence-corrected chi connectivity index (χ2v) is 4.44. The van der Waals surface area contributed by atoms with Crippen LogP contribution < -0.4 is 5.73 Å². The van der Waals surface area contributed by atoms with Gasteiger partial charge in [0.05, 0.1) is 0 Å². The zero-order valence-electron chi connectivity index (χ0n) is 8.60. The molecule has 0 atom stereocenters. The Balaban J connectivity index is 1.95. The summed E-state index contributed by atoms with van der Waals surface area (Å²) in [6.45, 7) is 1.66. The molecule has 15 heavy (non-hydrogen) atoms. The number of rotatable bonds is 5. The molecule has 0 saturated carbocycles. The van der Waals surface area contributed by atoms with Crippen LogP contribution in [-0.2, 0) is 19.4 Å². The van der Waals surface area contributed by atoms with Gasteiger partial charge >= 0.3 is 0 Å². The summed E-state index contributed by atoms with van der Waals surface area (Å²) in [6.07, 6.45) is 5.81. The summed E-state index contributed by atoms with van der Waals surface area (Å²) in [5.41, 5.74) is 5.53. The van der Waals surface area contributed by atoms with Gasteiger partial charge in [0, 0.05) is 30.2 Å². The van der Waals surface area contributed by atoms with Crippen LogP contribution in [0.1, 0.15) is 10.7 Å². The number of aromatic nitrogens is 2. The minimum atomic E-state index is 0.663. The van der Waals surface area contributed by atoms with E-state index in [9.17, 15) is 0 Å². The highest BCUT2D eigenvalue weighted by molar-refractivity contribution is 7.09. The summed E-state index contributed by atoms with van der Waals surface area (Å²) in [5.74, 6) is 1.09. The molecular formula is C11H15N3S. The van der Waals surface area contributed by atoms with E-state index in [4.69, 9.17) is 5.73 Å². The predicted molar refractivity (Wildman–Crippen MR) is 63.0 cm³/mol. The Morgan fingerprint density at radius 2 is 2.33 bits per heavy atom. The maximum Gasteiger partial charge on any atom is 0.109 e. The van der Waals surface area contributed by atoms with Gasteiger partial charge in [-0.1, -0.05) is 6.07 Å². The van der Waals surface area contributed by atoms with Gasteiger partial charge in [0.2, 0.25) is 0 Å². The lowest BCUT2D eigenvalue weighted by molar-refractivity contribution is 0.652. The second-order valence-electron chi connectivity index (χ2n) is 3.40. The maximum atomic E-state index is 5.53. The van der Waals surface area contributed by atoms with E-state index >= 15 is 0 Å². The highest BCUT2D eigenvalue weighted by Gasteiger charge is 2.01. The standard InChI is InChI=1S/C11H15N3S/c12-5-3-11-13-6-8-14(11)7-4-10-2-1-9-15-10/h1-2,6,8-9H,3-5,7,12H2. The first kappa shape index (κ1) is 10.4. The molecule has 4 heteroatoms. The molecule has 0 fully saturated rings. The number of aryl methyl sites for hydroxylation is 2. The van der Waals surface area contributed by atoms with Crippen LogP contribution in [0.5, 0.6) is 0 Å². The molecule has 80 valence electrons. The quantitative estimate of drug-likeness (QED) is 0.835. The number of hydrogen-bond donors (Lipinski definition) is 1. The molecule has 0 amide bonds. The molecule has 2 aromatic rings. The van der Waals surface area contributed by atoms with E-state index in [1.807, 2.05) is 12.4 Å².